The molecule has 2 N–H and O–H groups in total. The normalized spacial score (nSPS) is 10.1. The van der Waals surface area contributed by atoms with Crippen LogP contribution in [0.4, 0.5) is 5.69 Å². The van der Waals surface area contributed by atoms with Crippen molar-refractivity contribution in [3.8, 4) is 11.5 Å². The Kier molecular flexibility index (Phi) is 7.37. The molecule has 0 aliphatic heterocycles. The molecule has 0 radical (unpaired) electrons. The highest BCUT2D eigenvalue weighted by molar-refractivity contribution is 6.04. The van der Waals surface area contributed by atoms with Gasteiger partial charge in [0.2, 0.25) is 0 Å². The van der Waals surface area contributed by atoms with Gasteiger partial charge in [0.15, 0.2) is 6.61 Å². The molecule has 0 saturated carbocycles. The van der Waals surface area contributed by atoms with E-state index in [4.69, 9.17) is 9.47 Å². The van der Waals surface area contributed by atoms with Gasteiger partial charge in [-0.25, -0.2) is 0 Å². The summed E-state index contributed by atoms with van der Waals surface area (Å²) in [6.45, 7) is 1.58. The molecular weight excluding hydrogens is 396 g/mol. The Bertz CT molecular complexity index is 1050. The summed E-state index contributed by atoms with van der Waals surface area (Å²) in [4.78, 5) is 35.4. The molecule has 0 bridgehead atoms. The van der Waals surface area contributed by atoms with Gasteiger partial charge in [-0.05, 0) is 48.0 Å². The van der Waals surface area contributed by atoms with Gasteiger partial charge in [-0.15, -0.1) is 0 Å². The van der Waals surface area contributed by atoms with E-state index in [1.807, 2.05) is 30.3 Å². The molecule has 31 heavy (non-hydrogen) atoms. The van der Waals surface area contributed by atoms with E-state index >= 15 is 0 Å². The first-order chi connectivity index (χ1) is 15.0. The summed E-state index contributed by atoms with van der Waals surface area (Å²) >= 11 is 0. The van der Waals surface area contributed by atoms with E-state index in [9.17, 15) is 14.4 Å². The second kappa shape index (κ2) is 10.6. The zero-order valence-corrected chi connectivity index (χ0v) is 17.0. The quantitative estimate of drug-likeness (QED) is 0.431. The van der Waals surface area contributed by atoms with Gasteiger partial charge in [-0.3, -0.25) is 14.4 Å². The van der Waals surface area contributed by atoms with Gasteiger partial charge in [0.05, 0.1) is 0 Å². The lowest BCUT2D eigenvalue weighted by Gasteiger charge is -2.09. The van der Waals surface area contributed by atoms with E-state index in [-0.39, 0.29) is 18.4 Å². The van der Waals surface area contributed by atoms with Crippen molar-refractivity contribution in [1.82, 2.24) is 5.32 Å². The van der Waals surface area contributed by atoms with E-state index in [2.05, 4.69) is 10.6 Å². The van der Waals surface area contributed by atoms with Crippen LogP contribution in [-0.2, 0) is 16.1 Å². The van der Waals surface area contributed by atoms with Gasteiger partial charge in [-0.2, -0.15) is 0 Å². The Morgan fingerprint density at radius 2 is 1.55 bits per heavy atom. The Labute approximate surface area is 180 Å². The van der Waals surface area contributed by atoms with Gasteiger partial charge in [0, 0.05) is 24.7 Å². The van der Waals surface area contributed by atoms with E-state index < -0.39 is 5.97 Å². The van der Waals surface area contributed by atoms with Crippen LogP contribution in [0.15, 0.2) is 78.9 Å². The molecule has 2 amide bonds. The smallest absolute Gasteiger partial charge is 0.308 e. The molecule has 0 heterocycles. The molecule has 3 rings (SSSR count). The minimum Gasteiger partial charge on any atom is -0.484 e. The number of carbonyl (C=O) groups excluding carboxylic acids is 3. The van der Waals surface area contributed by atoms with Gasteiger partial charge < -0.3 is 20.1 Å². The fourth-order valence-corrected chi connectivity index (χ4v) is 2.69. The summed E-state index contributed by atoms with van der Waals surface area (Å²) in [7, 11) is 0. The maximum absolute atomic E-state index is 12.4. The summed E-state index contributed by atoms with van der Waals surface area (Å²) in [5, 5.41) is 5.57. The lowest BCUT2D eigenvalue weighted by Crippen LogP contribution is -2.28. The van der Waals surface area contributed by atoms with Crippen LogP contribution in [0.1, 0.15) is 22.8 Å². The molecule has 0 spiro atoms. The fraction of sp³-hybridized carbons (Fsp3) is 0.125. The molecule has 0 saturated heterocycles. The Morgan fingerprint density at radius 3 is 2.26 bits per heavy atom. The molecule has 0 unspecified atom stereocenters. The number of anilines is 1. The van der Waals surface area contributed by atoms with E-state index in [1.165, 1.54) is 13.0 Å². The zero-order valence-electron chi connectivity index (χ0n) is 17.0. The molecule has 7 heteroatoms. The number of hydrogen-bond donors (Lipinski definition) is 2. The predicted molar refractivity (Wildman–Crippen MR) is 116 cm³/mol. The van der Waals surface area contributed by atoms with Crippen LogP contribution in [-0.4, -0.2) is 24.4 Å². The first-order valence-electron chi connectivity index (χ1n) is 9.63. The van der Waals surface area contributed by atoms with Crippen molar-refractivity contribution in [2.24, 2.45) is 0 Å². The Morgan fingerprint density at radius 1 is 0.839 bits per heavy atom. The minimum absolute atomic E-state index is 0.0649. The lowest BCUT2D eigenvalue weighted by molar-refractivity contribution is -0.131. The topological polar surface area (TPSA) is 93.7 Å². The molecule has 158 valence electrons. The number of benzene rings is 3. The van der Waals surface area contributed by atoms with Crippen LogP contribution < -0.4 is 20.1 Å². The zero-order chi connectivity index (χ0) is 22.1. The van der Waals surface area contributed by atoms with Crippen LogP contribution in [0.5, 0.6) is 11.5 Å². The van der Waals surface area contributed by atoms with Gasteiger partial charge in [0.25, 0.3) is 11.8 Å². The molecule has 0 aliphatic rings. The lowest BCUT2D eigenvalue weighted by atomic mass is 10.1. The highest BCUT2D eigenvalue weighted by Crippen LogP contribution is 2.16. The van der Waals surface area contributed by atoms with Gasteiger partial charge in [0.1, 0.15) is 11.5 Å². The van der Waals surface area contributed by atoms with Crippen molar-refractivity contribution in [1.29, 1.82) is 0 Å². The fourth-order valence-electron chi connectivity index (χ4n) is 2.69. The Hall–Kier alpha value is -4.13. The van der Waals surface area contributed by atoms with Crippen LogP contribution in [0.25, 0.3) is 0 Å². The molecular formula is C24H22N2O5. The summed E-state index contributed by atoms with van der Waals surface area (Å²) in [6, 6.07) is 22.6. The number of amides is 2. The second-order valence-corrected chi connectivity index (χ2v) is 6.65. The number of esters is 1. The highest BCUT2D eigenvalue weighted by atomic mass is 16.5. The first-order valence-corrected chi connectivity index (χ1v) is 9.63. The molecule has 0 aliphatic carbocycles. The molecule has 7 nitrogen and oxygen atoms in total. The summed E-state index contributed by atoms with van der Waals surface area (Å²) < 4.78 is 10.4. The van der Waals surface area contributed by atoms with Gasteiger partial charge >= 0.3 is 5.97 Å². The van der Waals surface area contributed by atoms with Crippen LogP contribution in [0, 0.1) is 0 Å². The number of ether oxygens (including phenoxy) is 2. The Balaban J connectivity index is 1.48. The van der Waals surface area contributed by atoms with Crippen molar-refractivity contribution in [3.63, 3.8) is 0 Å². The van der Waals surface area contributed by atoms with E-state index in [1.54, 1.807) is 42.5 Å². The maximum atomic E-state index is 12.4. The number of hydrogen-bond acceptors (Lipinski definition) is 5. The van der Waals surface area contributed by atoms with Crippen molar-refractivity contribution >= 4 is 23.5 Å². The average molecular weight is 418 g/mol. The van der Waals surface area contributed by atoms with Gasteiger partial charge in [-0.1, -0.05) is 36.4 Å². The van der Waals surface area contributed by atoms with Crippen molar-refractivity contribution in [2.45, 2.75) is 13.5 Å². The number of nitrogens with one attached hydrogen (secondary N) is 2. The SMILES string of the molecule is CC(=O)Oc1cccc(C(=O)Nc2ccc(CNC(=O)COc3ccccc3)cc2)c1. The molecule has 0 fully saturated rings. The van der Waals surface area contributed by atoms with E-state index in [0.29, 0.717) is 29.3 Å². The van der Waals surface area contributed by atoms with E-state index in [0.717, 1.165) is 5.56 Å². The average Bonchev–Trinajstić information content (AvgIpc) is 2.77. The van der Waals surface area contributed by atoms with Crippen LogP contribution >= 0.6 is 0 Å². The van der Waals surface area contributed by atoms with Crippen LogP contribution in [0.2, 0.25) is 0 Å². The number of para-hydroxylation sites is 1. The second-order valence-electron chi connectivity index (χ2n) is 6.65. The number of rotatable bonds is 8. The minimum atomic E-state index is -0.452. The standard InChI is InChI=1S/C24H22N2O5/c1-17(27)31-22-9-5-6-19(14-22)24(29)26-20-12-10-18(11-13-20)15-25-23(28)16-30-21-7-3-2-4-8-21/h2-14H,15-16H2,1H3,(H,25,28)(H,26,29). The van der Waals surface area contributed by atoms with Crippen molar-refractivity contribution in [3.05, 3.63) is 90.0 Å². The monoisotopic (exact) mass is 418 g/mol. The highest BCUT2D eigenvalue weighted by Gasteiger charge is 2.09. The third kappa shape index (κ3) is 7.01. The maximum Gasteiger partial charge on any atom is 0.308 e. The third-order valence-electron chi connectivity index (χ3n) is 4.17. The predicted octanol–water partition coefficient (Wildman–Crippen LogP) is 3.56. The van der Waals surface area contributed by atoms with Crippen molar-refractivity contribution in [2.75, 3.05) is 11.9 Å². The molecule has 0 aromatic heterocycles. The summed E-state index contributed by atoms with van der Waals surface area (Å²) in [6.07, 6.45) is 0. The molecule has 3 aromatic rings. The number of carbonyl (C=O) groups is 3. The summed E-state index contributed by atoms with van der Waals surface area (Å²) in [5.74, 6) is -0.0625. The molecule has 3 aromatic carbocycles. The molecule has 0 atom stereocenters. The largest absolute Gasteiger partial charge is 0.484 e. The third-order valence-corrected chi connectivity index (χ3v) is 4.17. The summed E-state index contributed by atoms with van der Waals surface area (Å²) in [5.41, 5.74) is 1.85. The van der Waals surface area contributed by atoms with Crippen LogP contribution in [0.3, 0.4) is 0 Å². The first kappa shape index (κ1) is 21.6. The van der Waals surface area contributed by atoms with Crippen molar-refractivity contribution < 1.29 is 23.9 Å².